The number of aliphatic imine (C=N–C) groups is 1. The topological polar surface area (TPSA) is 41.5 Å². The van der Waals surface area contributed by atoms with Gasteiger partial charge in [0.2, 0.25) is 5.91 Å². The summed E-state index contributed by atoms with van der Waals surface area (Å²) in [4.78, 5) is 16.7. The highest BCUT2D eigenvalue weighted by Crippen LogP contribution is 2.29. The number of carbonyl (C=O) groups excluding carboxylic acids is 1. The predicted octanol–water partition coefficient (Wildman–Crippen LogP) is 5.02. The van der Waals surface area contributed by atoms with Crippen molar-refractivity contribution in [1.82, 2.24) is 5.32 Å². The van der Waals surface area contributed by atoms with E-state index < -0.39 is 0 Å². The Balaban J connectivity index is 1.73. The van der Waals surface area contributed by atoms with Gasteiger partial charge >= 0.3 is 0 Å². The van der Waals surface area contributed by atoms with Crippen LogP contribution in [-0.4, -0.2) is 16.3 Å². The molecular weight excluding hydrogens is 363 g/mol. The number of thioether (sulfide) groups is 1. The van der Waals surface area contributed by atoms with E-state index in [-0.39, 0.29) is 11.2 Å². The van der Waals surface area contributed by atoms with Crippen LogP contribution in [0.15, 0.2) is 47.5 Å². The highest BCUT2D eigenvalue weighted by atomic mass is 35.5. The molecule has 1 saturated heterocycles. The number of hydrogen-bond donors (Lipinski definition) is 1. The number of benzene rings is 2. The van der Waals surface area contributed by atoms with E-state index in [0.29, 0.717) is 21.6 Å². The van der Waals surface area contributed by atoms with Gasteiger partial charge in [-0.2, -0.15) is 0 Å². The largest absolute Gasteiger partial charge is 0.304 e. The molecule has 0 radical (unpaired) electrons. The molecular formula is C18H16Cl2N2OS. The molecule has 3 rings (SSSR count). The number of nitrogens with one attached hydrogen (secondary N) is 1. The lowest BCUT2D eigenvalue weighted by molar-refractivity contribution is -0.118. The first-order valence-electron chi connectivity index (χ1n) is 7.64. The summed E-state index contributed by atoms with van der Waals surface area (Å²) in [5.74, 6) is -0.0556. The first-order chi connectivity index (χ1) is 11.5. The van der Waals surface area contributed by atoms with E-state index >= 15 is 0 Å². The van der Waals surface area contributed by atoms with Gasteiger partial charge < -0.3 is 5.32 Å². The van der Waals surface area contributed by atoms with Gasteiger partial charge in [-0.15, -0.1) is 0 Å². The van der Waals surface area contributed by atoms with E-state index in [9.17, 15) is 4.79 Å². The van der Waals surface area contributed by atoms with Crippen molar-refractivity contribution in [3.63, 3.8) is 0 Å². The van der Waals surface area contributed by atoms with Crippen molar-refractivity contribution < 1.29 is 4.79 Å². The molecule has 1 aliphatic heterocycles. The molecule has 0 spiro atoms. The Bertz CT molecular complexity index is 790. The fraction of sp³-hybridized carbons (Fsp3) is 0.222. The molecule has 0 unspecified atom stereocenters. The highest BCUT2D eigenvalue weighted by Gasteiger charge is 2.30. The van der Waals surface area contributed by atoms with E-state index in [1.165, 1.54) is 17.3 Å². The average Bonchev–Trinajstić information content (AvgIpc) is 2.91. The molecule has 3 nitrogen and oxygen atoms in total. The molecule has 1 fully saturated rings. The van der Waals surface area contributed by atoms with Gasteiger partial charge in [-0.1, -0.05) is 54.0 Å². The zero-order valence-electron chi connectivity index (χ0n) is 13.1. The van der Waals surface area contributed by atoms with Crippen molar-refractivity contribution >= 4 is 51.7 Å². The van der Waals surface area contributed by atoms with Gasteiger partial charge in [-0.05, 0) is 54.3 Å². The second-order valence-electron chi connectivity index (χ2n) is 5.47. The number of halogens is 2. The zero-order chi connectivity index (χ0) is 17.1. The number of carbonyl (C=O) groups is 1. The lowest BCUT2D eigenvalue weighted by Crippen LogP contribution is -2.26. The third-order valence-corrected chi connectivity index (χ3v) is 5.45. The number of amidine groups is 1. The van der Waals surface area contributed by atoms with Crippen LogP contribution in [0.1, 0.15) is 18.1 Å². The minimum Gasteiger partial charge on any atom is -0.304 e. The minimum absolute atomic E-state index is 0.0556. The molecule has 2 aromatic carbocycles. The van der Waals surface area contributed by atoms with Crippen LogP contribution < -0.4 is 5.32 Å². The predicted molar refractivity (Wildman–Crippen MR) is 103 cm³/mol. The lowest BCUT2D eigenvalue weighted by atomic mass is 10.1. The number of nitrogens with zero attached hydrogens (tertiary/aromatic N) is 1. The van der Waals surface area contributed by atoms with Crippen LogP contribution in [0.5, 0.6) is 0 Å². The van der Waals surface area contributed by atoms with Crippen molar-refractivity contribution in [2.45, 2.75) is 25.0 Å². The summed E-state index contributed by atoms with van der Waals surface area (Å²) in [7, 11) is 0. The smallest absolute Gasteiger partial charge is 0.239 e. The number of rotatable bonds is 4. The van der Waals surface area contributed by atoms with E-state index in [1.807, 2.05) is 24.3 Å². The van der Waals surface area contributed by atoms with Gasteiger partial charge in [-0.25, -0.2) is 4.99 Å². The molecule has 6 heteroatoms. The maximum Gasteiger partial charge on any atom is 0.239 e. The van der Waals surface area contributed by atoms with E-state index in [4.69, 9.17) is 23.2 Å². The van der Waals surface area contributed by atoms with E-state index in [2.05, 4.69) is 17.2 Å². The van der Waals surface area contributed by atoms with Crippen LogP contribution in [0.3, 0.4) is 0 Å². The Kier molecular flexibility index (Phi) is 5.49. The molecule has 1 amide bonds. The fourth-order valence-corrected chi connectivity index (χ4v) is 3.82. The summed E-state index contributed by atoms with van der Waals surface area (Å²) in [5.41, 5.74) is 2.96. The van der Waals surface area contributed by atoms with Gasteiger partial charge in [0.1, 0.15) is 0 Å². The molecule has 1 N–H and O–H groups in total. The molecule has 1 aliphatic rings. The standard InChI is InChI=1S/C18H16Cl2N2OS/c1-2-11-3-6-14(7-4-11)21-18-22-17(23)16(24-18)10-12-9-13(19)5-8-15(12)20/h3-9,16H,2,10H2,1H3,(H,21,22,23)/t16-/m0/s1. The Hall–Kier alpha value is -1.49. The van der Waals surface area contributed by atoms with Gasteiger partial charge in [-0.3, -0.25) is 4.79 Å². The molecule has 0 saturated carbocycles. The number of hydrogen-bond acceptors (Lipinski definition) is 3. The second kappa shape index (κ2) is 7.60. The van der Waals surface area contributed by atoms with Crippen LogP contribution in [0.2, 0.25) is 10.0 Å². The Morgan fingerprint density at radius 2 is 1.92 bits per heavy atom. The Labute approximate surface area is 155 Å². The highest BCUT2D eigenvalue weighted by molar-refractivity contribution is 8.15. The molecule has 1 atom stereocenters. The van der Waals surface area contributed by atoms with Crippen molar-refractivity contribution in [1.29, 1.82) is 0 Å². The Morgan fingerprint density at radius 1 is 1.17 bits per heavy atom. The van der Waals surface area contributed by atoms with E-state index in [0.717, 1.165) is 17.7 Å². The first-order valence-corrected chi connectivity index (χ1v) is 9.28. The monoisotopic (exact) mass is 378 g/mol. The number of aryl methyl sites for hydroxylation is 1. The quantitative estimate of drug-likeness (QED) is 0.811. The average molecular weight is 379 g/mol. The van der Waals surface area contributed by atoms with Gasteiger partial charge in [0, 0.05) is 10.0 Å². The van der Waals surface area contributed by atoms with Crippen LogP contribution >= 0.6 is 35.0 Å². The van der Waals surface area contributed by atoms with Crippen LogP contribution in [0.4, 0.5) is 5.69 Å². The molecule has 0 bridgehead atoms. The summed E-state index contributed by atoms with van der Waals surface area (Å²) in [6.07, 6.45) is 1.51. The maximum absolute atomic E-state index is 12.2. The van der Waals surface area contributed by atoms with E-state index in [1.54, 1.807) is 18.2 Å². The summed E-state index contributed by atoms with van der Waals surface area (Å²) >= 11 is 13.6. The van der Waals surface area contributed by atoms with Crippen molar-refractivity contribution in [3.8, 4) is 0 Å². The maximum atomic E-state index is 12.2. The molecule has 1 heterocycles. The summed E-state index contributed by atoms with van der Waals surface area (Å²) < 4.78 is 0. The van der Waals surface area contributed by atoms with Gasteiger partial charge in [0.15, 0.2) is 5.17 Å². The molecule has 124 valence electrons. The van der Waals surface area contributed by atoms with Gasteiger partial charge in [0.05, 0.1) is 10.9 Å². The SMILES string of the molecule is CCc1ccc(N=C2NC(=O)[C@H](Cc3cc(Cl)ccc3Cl)S2)cc1. The summed E-state index contributed by atoms with van der Waals surface area (Å²) in [5, 5.41) is 4.43. The summed E-state index contributed by atoms with van der Waals surface area (Å²) in [6.45, 7) is 2.11. The third-order valence-electron chi connectivity index (χ3n) is 3.76. The Morgan fingerprint density at radius 3 is 2.62 bits per heavy atom. The normalized spacial score (nSPS) is 18.9. The van der Waals surface area contributed by atoms with Gasteiger partial charge in [0.25, 0.3) is 0 Å². The van der Waals surface area contributed by atoms with Crippen molar-refractivity contribution in [2.24, 2.45) is 4.99 Å². The molecule has 0 aliphatic carbocycles. The fourth-order valence-electron chi connectivity index (χ4n) is 2.42. The second-order valence-corrected chi connectivity index (χ2v) is 7.51. The molecule has 2 aromatic rings. The van der Waals surface area contributed by atoms with Crippen LogP contribution in [0.25, 0.3) is 0 Å². The lowest BCUT2D eigenvalue weighted by Gasteiger charge is -2.07. The summed E-state index contributed by atoms with van der Waals surface area (Å²) in [6, 6.07) is 13.3. The van der Waals surface area contributed by atoms with Crippen molar-refractivity contribution in [3.05, 3.63) is 63.6 Å². The van der Waals surface area contributed by atoms with Crippen molar-refractivity contribution in [2.75, 3.05) is 0 Å². The number of amides is 1. The first kappa shape index (κ1) is 17.3. The minimum atomic E-state index is -0.255. The van der Waals surface area contributed by atoms with Crippen LogP contribution in [-0.2, 0) is 17.6 Å². The zero-order valence-corrected chi connectivity index (χ0v) is 15.4. The molecule has 24 heavy (non-hydrogen) atoms. The molecule has 0 aromatic heterocycles. The third kappa shape index (κ3) is 4.12. The van der Waals surface area contributed by atoms with Crippen LogP contribution in [0, 0.1) is 0 Å².